The van der Waals surface area contributed by atoms with E-state index >= 15 is 0 Å². The number of nitrogens with one attached hydrogen (secondary N) is 1. The van der Waals surface area contributed by atoms with E-state index in [1.807, 2.05) is 39.6 Å². The third-order valence-corrected chi connectivity index (χ3v) is 6.26. The molecule has 2 aliphatic heterocycles. The molecule has 2 rings (SSSR count). The molecule has 2 saturated heterocycles. The normalized spacial score (nSPS) is 20.1. The number of rotatable bonds is 7. The minimum atomic E-state index is -0.449. The molecule has 1 amide bonds. The molecule has 8 heteroatoms. The summed E-state index contributed by atoms with van der Waals surface area (Å²) in [4.78, 5) is 26.2. The number of hydrogen-bond donors (Lipinski definition) is 1. The number of ether oxygens (including phenoxy) is 1. The molecule has 0 unspecified atom stereocenters. The highest BCUT2D eigenvalue weighted by atomic mass is 16.6. The van der Waals surface area contributed by atoms with Crippen molar-refractivity contribution in [1.29, 1.82) is 0 Å². The van der Waals surface area contributed by atoms with Gasteiger partial charge in [0.2, 0.25) is 0 Å². The molecule has 8 nitrogen and oxygen atoms in total. The van der Waals surface area contributed by atoms with Crippen LogP contribution in [0.1, 0.15) is 47.5 Å². The van der Waals surface area contributed by atoms with Gasteiger partial charge in [-0.1, -0.05) is 6.92 Å². The van der Waals surface area contributed by atoms with Gasteiger partial charge in [-0.2, -0.15) is 0 Å². The third-order valence-electron chi connectivity index (χ3n) is 6.26. The number of carbonyl (C=O) groups is 1. The maximum Gasteiger partial charge on any atom is 0.410 e. The number of piperidine rings is 1. The molecule has 0 aromatic carbocycles. The summed E-state index contributed by atoms with van der Waals surface area (Å²) < 4.78 is 5.56. The van der Waals surface area contributed by atoms with E-state index in [4.69, 9.17) is 4.74 Å². The van der Waals surface area contributed by atoms with E-state index in [-0.39, 0.29) is 6.09 Å². The van der Waals surface area contributed by atoms with E-state index in [0.717, 1.165) is 71.2 Å². The number of amides is 1. The lowest BCUT2D eigenvalue weighted by Crippen LogP contribution is -2.51. The largest absolute Gasteiger partial charge is 0.444 e. The van der Waals surface area contributed by atoms with Gasteiger partial charge in [0.25, 0.3) is 0 Å². The predicted octanol–water partition coefficient (Wildman–Crippen LogP) is 2.17. The zero-order chi connectivity index (χ0) is 22.9. The number of likely N-dealkylation sites (tertiary alicyclic amines) is 1. The van der Waals surface area contributed by atoms with Crippen molar-refractivity contribution in [1.82, 2.24) is 24.9 Å². The summed E-state index contributed by atoms with van der Waals surface area (Å²) in [5.41, 5.74) is -0.449. The van der Waals surface area contributed by atoms with E-state index in [0.29, 0.717) is 12.5 Å². The fourth-order valence-corrected chi connectivity index (χ4v) is 4.29. The van der Waals surface area contributed by atoms with Crippen molar-refractivity contribution in [3.63, 3.8) is 0 Å². The van der Waals surface area contributed by atoms with Crippen LogP contribution in [0.15, 0.2) is 4.99 Å². The Labute approximate surface area is 190 Å². The zero-order valence-corrected chi connectivity index (χ0v) is 20.8. The fraction of sp³-hybridized carbons (Fsp3) is 0.913. The number of piperazine rings is 1. The van der Waals surface area contributed by atoms with Crippen molar-refractivity contribution in [3.8, 4) is 0 Å². The highest BCUT2D eigenvalue weighted by Crippen LogP contribution is 2.20. The van der Waals surface area contributed by atoms with Crippen LogP contribution in [-0.4, -0.2) is 116 Å². The first kappa shape index (κ1) is 25.7. The van der Waals surface area contributed by atoms with Gasteiger partial charge in [0.1, 0.15) is 5.60 Å². The zero-order valence-electron chi connectivity index (χ0n) is 20.8. The van der Waals surface area contributed by atoms with Crippen LogP contribution in [-0.2, 0) is 4.74 Å². The van der Waals surface area contributed by atoms with Gasteiger partial charge in [0.15, 0.2) is 5.96 Å². The molecule has 0 saturated carbocycles. The fourth-order valence-electron chi connectivity index (χ4n) is 4.29. The van der Waals surface area contributed by atoms with Crippen molar-refractivity contribution in [2.75, 3.05) is 79.0 Å². The molecule has 1 N–H and O–H groups in total. The first-order valence-corrected chi connectivity index (χ1v) is 12.1. The van der Waals surface area contributed by atoms with Crippen LogP contribution < -0.4 is 5.32 Å². The van der Waals surface area contributed by atoms with Crippen molar-refractivity contribution in [2.24, 2.45) is 10.9 Å². The molecule has 0 atom stereocenters. The SMILES string of the molecule is CCN1CCN(CCNC(=NC)N2CCC(CN(CC)C(=O)OC(C)(C)C)CC2)CC1. The number of nitrogens with zero attached hydrogens (tertiary/aromatic N) is 5. The summed E-state index contributed by atoms with van der Waals surface area (Å²) >= 11 is 0. The van der Waals surface area contributed by atoms with Gasteiger partial charge >= 0.3 is 6.09 Å². The smallest absolute Gasteiger partial charge is 0.410 e. The molecule has 0 bridgehead atoms. The summed E-state index contributed by atoms with van der Waals surface area (Å²) in [7, 11) is 1.87. The number of guanidine groups is 1. The lowest BCUT2D eigenvalue weighted by Gasteiger charge is -2.37. The maximum absolute atomic E-state index is 12.4. The van der Waals surface area contributed by atoms with Crippen molar-refractivity contribution in [3.05, 3.63) is 0 Å². The molecule has 2 aliphatic rings. The third kappa shape index (κ3) is 8.85. The Morgan fingerprint density at radius 2 is 1.68 bits per heavy atom. The lowest BCUT2D eigenvalue weighted by atomic mass is 9.96. The van der Waals surface area contributed by atoms with Gasteiger partial charge in [-0.3, -0.25) is 9.89 Å². The summed E-state index contributed by atoms with van der Waals surface area (Å²) in [6.07, 6.45) is 1.94. The van der Waals surface area contributed by atoms with E-state index in [1.165, 1.54) is 13.1 Å². The van der Waals surface area contributed by atoms with Gasteiger partial charge in [0, 0.05) is 72.5 Å². The molecule has 0 radical (unpaired) electrons. The molecule has 31 heavy (non-hydrogen) atoms. The highest BCUT2D eigenvalue weighted by molar-refractivity contribution is 5.79. The number of likely N-dealkylation sites (N-methyl/N-ethyl adjacent to an activating group) is 1. The van der Waals surface area contributed by atoms with Crippen molar-refractivity contribution in [2.45, 2.75) is 53.1 Å². The average molecular weight is 439 g/mol. The highest BCUT2D eigenvalue weighted by Gasteiger charge is 2.27. The molecule has 2 fully saturated rings. The summed E-state index contributed by atoms with van der Waals surface area (Å²) in [6.45, 7) is 21.2. The topological polar surface area (TPSA) is 63.7 Å². The predicted molar refractivity (Wildman–Crippen MR) is 128 cm³/mol. The lowest BCUT2D eigenvalue weighted by molar-refractivity contribution is 0.0214. The Kier molecular flexibility index (Phi) is 10.4. The molecule has 0 aromatic heterocycles. The Morgan fingerprint density at radius 1 is 1.06 bits per heavy atom. The van der Waals surface area contributed by atoms with Gasteiger partial charge in [-0.25, -0.2) is 4.79 Å². The van der Waals surface area contributed by atoms with E-state index in [2.05, 4.69) is 31.9 Å². The summed E-state index contributed by atoms with van der Waals surface area (Å²) in [5, 5.41) is 3.56. The first-order valence-electron chi connectivity index (χ1n) is 12.1. The second-order valence-corrected chi connectivity index (χ2v) is 9.70. The average Bonchev–Trinajstić information content (AvgIpc) is 2.75. The molecular weight excluding hydrogens is 392 g/mol. The van der Waals surface area contributed by atoms with Gasteiger partial charge in [-0.05, 0) is 53.0 Å². The van der Waals surface area contributed by atoms with Crippen LogP contribution in [0, 0.1) is 5.92 Å². The minimum absolute atomic E-state index is 0.199. The molecule has 0 aromatic rings. The molecular formula is C23H46N6O2. The summed E-state index contributed by atoms with van der Waals surface area (Å²) in [6, 6.07) is 0. The first-order chi connectivity index (χ1) is 14.8. The monoisotopic (exact) mass is 438 g/mol. The Morgan fingerprint density at radius 3 is 2.19 bits per heavy atom. The number of hydrogen-bond acceptors (Lipinski definition) is 5. The second kappa shape index (κ2) is 12.5. The van der Waals surface area contributed by atoms with Crippen LogP contribution >= 0.6 is 0 Å². The van der Waals surface area contributed by atoms with Gasteiger partial charge < -0.3 is 24.8 Å². The summed E-state index contributed by atoms with van der Waals surface area (Å²) in [5.74, 6) is 1.52. The molecule has 180 valence electrons. The van der Waals surface area contributed by atoms with Crippen LogP contribution in [0.2, 0.25) is 0 Å². The Bertz CT molecular complexity index is 561. The molecule has 0 aliphatic carbocycles. The molecule has 2 heterocycles. The van der Waals surface area contributed by atoms with Gasteiger partial charge in [0.05, 0.1) is 0 Å². The Hall–Kier alpha value is -1.54. The van der Waals surface area contributed by atoms with Crippen LogP contribution in [0.5, 0.6) is 0 Å². The standard InChI is InChI=1S/C23H46N6O2/c1-7-26-15-17-27(18-16-26)14-11-25-21(24-6)29-12-9-20(10-13-29)19-28(8-2)22(30)31-23(3,4)5/h20H,7-19H2,1-6H3,(H,24,25). The van der Waals surface area contributed by atoms with E-state index < -0.39 is 5.60 Å². The maximum atomic E-state index is 12.4. The quantitative estimate of drug-likeness (QED) is 0.486. The van der Waals surface area contributed by atoms with Crippen LogP contribution in [0.25, 0.3) is 0 Å². The number of aliphatic imine (C=N–C) groups is 1. The van der Waals surface area contributed by atoms with Crippen LogP contribution in [0.4, 0.5) is 4.79 Å². The van der Waals surface area contributed by atoms with Gasteiger partial charge in [-0.15, -0.1) is 0 Å². The minimum Gasteiger partial charge on any atom is -0.444 e. The van der Waals surface area contributed by atoms with Crippen molar-refractivity contribution >= 4 is 12.1 Å². The molecule has 0 spiro atoms. The van der Waals surface area contributed by atoms with Crippen LogP contribution in [0.3, 0.4) is 0 Å². The second-order valence-electron chi connectivity index (χ2n) is 9.70. The van der Waals surface area contributed by atoms with E-state index in [1.54, 1.807) is 0 Å². The van der Waals surface area contributed by atoms with E-state index in [9.17, 15) is 4.79 Å². The number of carbonyl (C=O) groups excluding carboxylic acids is 1. The Balaban J connectivity index is 1.70. The van der Waals surface area contributed by atoms with Crippen molar-refractivity contribution < 1.29 is 9.53 Å².